The molecule has 0 spiro atoms. The fourth-order valence-corrected chi connectivity index (χ4v) is 1.63. The lowest BCUT2D eigenvalue weighted by atomic mass is 10.0. The highest BCUT2D eigenvalue weighted by molar-refractivity contribution is 5.66. The van der Waals surface area contributed by atoms with Crippen molar-refractivity contribution in [3.05, 3.63) is 35.4 Å². The average molecular weight is 216 g/mol. The summed E-state index contributed by atoms with van der Waals surface area (Å²) < 4.78 is 0. The number of nitrogens with one attached hydrogen (secondary N) is 1. The first kappa shape index (κ1) is 12.7. The largest absolute Gasteiger partial charge is 0.317 e. The van der Waals surface area contributed by atoms with Crippen LogP contribution in [0.3, 0.4) is 0 Å². The molecule has 0 radical (unpaired) electrons. The molecular weight excluding hydrogens is 196 g/mol. The summed E-state index contributed by atoms with van der Waals surface area (Å²) in [5.74, 6) is 0. The second-order valence-corrected chi connectivity index (χ2v) is 3.95. The van der Waals surface area contributed by atoms with Gasteiger partial charge in [-0.05, 0) is 51.2 Å². The van der Waals surface area contributed by atoms with Gasteiger partial charge in [-0.15, -0.1) is 0 Å². The van der Waals surface area contributed by atoms with Crippen molar-refractivity contribution in [2.24, 2.45) is 4.99 Å². The summed E-state index contributed by atoms with van der Waals surface area (Å²) in [6.45, 7) is 7.79. The van der Waals surface area contributed by atoms with Crippen molar-refractivity contribution in [3.63, 3.8) is 0 Å². The van der Waals surface area contributed by atoms with E-state index < -0.39 is 0 Å². The Hall–Kier alpha value is -1.41. The second-order valence-electron chi connectivity index (χ2n) is 3.95. The molecule has 2 heteroatoms. The fourth-order valence-electron chi connectivity index (χ4n) is 1.63. The molecule has 0 bridgehead atoms. The summed E-state index contributed by atoms with van der Waals surface area (Å²) in [6.07, 6.45) is 5.07. The first-order valence-corrected chi connectivity index (χ1v) is 5.61. The number of nitrogens with zero attached hydrogens (tertiary/aromatic N) is 1. The third-order valence-corrected chi connectivity index (χ3v) is 2.65. The van der Waals surface area contributed by atoms with E-state index in [1.54, 1.807) is 0 Å². The van der Waals surface area contributed by atoms with Gasteiger partial charge in [0.25, 0.3) is 0 Å². The van der Waals surface area contributed by atoms with E-state index in [0.29, 0.717) is 6.04 Å². The normalized spacial score (nSPS) is 12.9. The Kier molecular flexibility index (Phi) is 4.93. The van der Waals surface area contributed by atoms with E-state index in [2.05, 4.69) is 48.2 Å². The molecule has 0 amide bonds. The summed E-state index contributed by atoms with van der Waals surface area (Å²) >= 11 is 0. The third-order valence-electron chi connectivity index (χ3n) is 2.65. The van der Waals surface area contributed by atoms with Gasteiger partial charge < -0.3 is 5.32 Å². The molecule has 0 aliphatic carbocycles. The Labute approximate surface area is 98.1 Å². The van der Waals surface area contributed by atoms with Crippen molar-refractivity contribution in [2.75, 3.05) is 7.05 Å². The van der Waals surface area contributed by atoms with E-state index in [4.69, 9.17) is 0 Å². The molecule has 86 valence electrons. The van der Waals surface area contributed by atoms with E-state index in [-0.39, 0.29) is 0 Å². The number of aliphatic imine (C=N–C) groups is 1. The number of likely N-dealkylation sites (N-methyl/N-ethyl adjacent to an activating group) is 1. The first-order valence-electron chi connectivity index (χ1n) is 5.61. The van der Waals surface area contributed by atoms with E-state index in [0.717, 1.165) is 17.7 Å². The second kappa shape index (κ2) is 6.23. The SMILES string of the molecule is C=Nc1cc(CC(C)NC)ccc1/C=C\C. The third kappa shape index (κ3) is 3.31. The van der Waals surface area contributed by atoms with Gasteiger partial charge in [0.2, 0.25) is 0 Å². The maximum absolute atomic E-state index is 4.06. The van der Waals surface area contributed by atoms with Gasteiger partial charge in [0.1, 0.15) is 0 Å². The van der Waals surface area contributed by atoms with Crippen LogP contribution in [0.1, 0.15) is 25.0 Å². The molecule has 2 nitrogen and oxygen atoms in total. The molecule has 0 saturated carbocycles. The molecule has 1 unspecified atom stereocenters. The highest BCUT2D eigenvalue weighted by atomic mass is 14.8. The van der Waals surface area contributed by atoms with Crippen LogP contribution < -0.4 is 5.32 Å². The van der Waals surface area contributed by atoms with Crippen LogP contribution in [0.5, 0.6) is 0 Å². The predicted molar refractivity (Wildman–Crippen MR) is 72.6 cm³/mol. The number of hydrogen-bond donors (Lipinski definition) is 1. The van der Waals surface area contributed by atoms with Crippen LogP contribution in [0, 0.1) is 0 Å². The van der Waals surface area contributed by atoms with Crippen molar-refractivity contribution < 1.29 is 0 Å². The Morgan fingerprint density at radius 1 is 1.50 bits per heavy atom. The van der Waals surface area contributed by atoms with Gasteiger partial charge in [0, 0.05) is 6.04 Å². The average Bonchev–Trinajstić information content (AvgIpc) is 2.31. The molecule has 1 N–H and O–H groups in total. The smallest absolute Gasteiger partial charge is 0.0697 e. The molecule has 0 aromatic heterocycles. The minimum absolute atomic E-state index is 0.477. The Balaban J connectivity index is 2.94. The summed E-state index contributed by atoms with van der Waals surface area (Å²) in [4.78, 5) is 4.06. The highest BCUT2D eigenvalue weighted by Crippen LogP contribution is 2.22. The van der Waals surface area contributed by atoms with E-state index in [1.165, 1.54) is 5.56 Å². The monoisotopic (exact) mass is 216 g/mol. The van der Waals surface area contributed by atoms with Gasteiger partial charge in [0.05, 0.1) is 5.69 Å². The van der Waals surface area contributed by atoms with Crippen LogP contribution in [-0.2, 0) is 6.42 Å². The lowest BCUT2D eigenvalue weighted by Gasteiger charge is -2.11. The van der Waals surface area contributed by atoms with Crippen LogP contribution in [0.2, 0.25) is 0 Å². The highest BCUT2D eigenvalue weighted by Gasteiger charge is 2.03. The maximum Gasteiger partial charge on any atom is 0.0697 e. The Morgan fingerprint density at radius 3 is 2.81 bits per heavy atom. The van der Waals surface area contributed by atoms with Crippen LogP contribution in [0.4, 0.5) is 5.69 Å². The molecule has 0 fully saturated rings. The number of benzene rings is 1. The van der Waals surface area contributed by atoms with Crippen molar-refractivity contribution >= 4 is 18.5 Å². The van der Waals surface area contributed by atoms with Crippen LogP contribution >= 0.6 is 0 Å². The number of allylic oxidation sites excluding steroid dienone is 1. The fraction of sp³-hybridized carbons (Fsp3) is 0.357. The summed E-state index contributed by atoms with van der Waals surface area (Å²) in [5.41, 5.74) is 3.37. The summed E-state index contributed by atoms with van der Waals surface area (Å²) in [6, 6.07) is 6.83. The van der Waals surface area contributed by atoms with Crippen LogP contribution in [0.25, 0.3) is 6.08 Å². The molecule has 0 aliphatic rings. The zero-order valence-corrected chi connectivity index (χ0v) is 10.3. The molecule has 1 rings (SSSR count). The predicted octanol–water partition coefficient (Wildman–Crippen LogP) is 3.20. The molecule has 1 aromatic rings. The quantitative estimate of drug-likeness (QED) is 0.751. The molecule has 1 aromatic carbocycles. The van der Waals surface area contributed by atoms with Gasteiger partial charge >= 0.3 is 0 Å². The van der Waals surface area contributed by atoms with E-state index in [1.807, 2.05) is 20.0 Å². The van der Waals surface area contributed by atoms with Crippen LogP contribution in [0.15, 0.2) is 29.3 Å². The Bertz CT molecular complexity index is 380. The maximum atomic E-state index is 4.06. The minimum atomic E-state index is 0.477. The van der Waals surface area contributed by atoms with Crippen molar-refractivity contribution in [2.45, 2.75) is 26.3 Å². The van der Waals surface area contributed by atoms with Crippen molar-refractivity contribution in [1.29, 1.82) is 0 Å². The number of hydrogen-bond acceptors (Lipinski definition) is 2. The molecule has 0 heterocycles. The zero-order valence-electron chi connectivity index (χ0n) is 10.3. The zero-order chi connectivity index (χ0) is 12.0. The topological polar surface area (TPSA) is 24.4 Å². The van der Waals surface area contributed by atoms with Gasteiger partial charge in [-0.2, -0.15) is 0 Å². The molecule has 16 heavy (non-hydrogen) atoms. The van der Waals surface area contributed by atoms with E-state index in [9.17, 15) is 0 Å². The lowest BCUT2D eigenvalue weighted by molar-refractivity contribution is 0.608. The van der Waals surface area contributed by atoms with Crippen molar-refractivity contribution in [3.8, 4) is 0 Å². The van der Waals surface area contributed by atoms with Gasteiger partial charge in [-0.3, -0.25) is 4.99 Å². The van der Waals surface area contributed by atoms with Gasteiger partial charge in [0.15, 0.2) is 0 Å². The first-order chi connectivity index (χ1) is 7.71. The van der Waals surface area contributed by atoms with Crippen LogP contribution in [-0.4, -0.2) is 19.8 Å². The molecular formula is C14H20N2. The van der Waals surface area contributed by atoms with E-state index >= 15 is 0 Å². The number of rotatable bonds is 5. The van der Waals surface area contributed by atoms with Crippen molar-refractivity contribution in [1.82, 2.24) is 5.32 Å². The molecule has 0 saturated heterocycles. The standard InChI is InChI=1S/C14H20N2/c1-5-6-13-8-7-12(9-11(2)15-3)10-14(13)16-4/h5-8,10-11,15H,4,9H2,1-3H3/b6-5-. The van der Waals surface area contributed by atoms with Gasteiger partial charge in [-0.1, -0.05) is 24.3 Å². The Morgan fingerprint density at radius 2 is 2.25 bits per heavy atom. The summed E-state index contributed by atoms with van der Waals surface area (Å²) in [7, 11) is 1.98. The van der Waals surface area contributed by atoms with Gasteiger partial charge in [-0.25, -0.2) is 0 Å². The lowest BCUT2D eigenvalue weighted by Crippen LogP contribution is -2.23. The summed E-state index contributed by atoms with van der Waals surface area (Å²) in [5, 5.41) is 3.23. The minimum Gasteiger partial charge on any atom is -0.317 e. The molecule has 1 atom stereocenters. The molecule has 0 aliphatic heterocycles.